The van der Waals surface area contributed by atoms with E-state index >= 15 is 0 Å². The Morgan fingerprint density at radius 2 is 1.63 bits per heavy atom. The molecule has 38 heavy (non-hydrogen) atoms. The van der Waals surface area contributed by atoms with Crippen LogP contribution in [0.15, 0.2) is 29.2 Å². The van der Waals surface area contributed by atoms with Gasteiger partial charge in [-0.1, -0.05) is 26.0 Å². The molecule has 0 amide bonds. The average Bonchev–Trinajstić information content (AvgIpc) is 2.84. The van der Waals surface area contributed by atoms with Crippen LogP contribution in [0.25, 0.3) is 0 Å². The first-order valence-corrected chi connectivity index (χ1v) is 15.5. The van der Waals surface area contributed by atoms with E-state index in [9.17, 15) is 13.2 Å². The van der Waals surface area contributed by atoms with E-state index < -0.39 is 22.7 Å². The standard InChI is InChI=1S/C26H46BN3O7S/c1-22(2)11-20-36-25(31)26(28,12-4-5-19-37-27(32)33)13-6-14-29-15-17-30(18-16-29)21-23-7-9-24(10-8-23)38(3,34)35/h7-10,22,32-33H,4-6,11-21,28H2,1-3H3. The molecule has 0 aliphatic carbocycles. The zero-order valence-corrected chi connectivity index (χ0v) is 24.0. The number of carbonyl (C=O) groups excluding carboxylic acids is 1. The first kappa shape index (κ1) is 32.7. The fraction of sp³-hybridized carbons (Fsp3) is 0.731. The Balaban J connectivity index is 1.79. The number of hydrogen-bond donors (Lipinski definition) is 3. The highest BCUT2D eigenvalue weighted by molar-refractivity contribution is 7.90. The number of esters is 1. The van der Waals surface area contributed by atoms with Crippen LogP contribution in [0.2, 0.25) is 0 Å². The van der Waals surface area contributed by atoms with Gasteiger partial charge in [-0.3, -0.25) is 9.69 Å². The van der Waals surface area contributed by atoms with Gasteiger partial charge in [0, 0.05) is 45.6 Å². The summed E-state index contributed by atoms with van der Waals surface area (Å²) < 4.78 is 33.6. The van der Waals surface area contributed by atoms with Crippen LogP contribution in [-0.2, 0) is 30.6 Å². The van der Waals surface area contributed by atoms with Crippen molar-refractivity contribution in [1.82, 2.24) is 9.80 Å². The maximum atomic E-state index is 12.9. The van der Waals surface area contributed by atoms with Gasteiger partial charge in [-0.15, -0.1) is 0 Å². The van der Waals surface area contributed by atoms with Crippen LogP contribution in [0.4, 0.5) is 0 Å². The molecule has 1 aromatic carbocycles. The summed E-state index contributed by atoms with van der Waals surface area (Å²) in [7, 11) is -4.98. The third kappa shape index (κ3) is 12.1. The molecule has 2 rings (SSSR count). The lowest BCUT2D eigenvalue weighted by atomic mass is 9.88. The first-order chi connectivity index (χ1) is 17.9. The molecule has 216 valence electrons. The molecule has 0 aromatic heterocycles. The maximum absolute atomic E-state index is 12.9. The summed E-state index contributed by atoms with van der Waals surface area (Å²) in [6, 6.07) is 7.08. The number of nitrogens with two attached hydrogens (primary N) is 1. The summed E-state index contributed by atoms with van der Waals surface area (Å²) in [5.74, 6) is 0.0653. The number of piperazine rings is 1. The number of unbranched alkanes of at least 4 members (excludes halogenated alkanes) is 1. The maximum Gasteiger partial charge on any atom is 0.633 e. The Bertz CT molecular complexity index is 939. The fourth-order valence-corrected chi connectivity index (χ4v) is 5.11. The predicted octanol–water partition coefficient (Wildman–Crippen LogP) is 1.43. The Kier molecular flexibility index (Phi) is 13.7. The minimum Gasteiger partial charge on any atom is -0.464 e. The van der Waals surface area contributed by atoms with E-state index in [0.29, 0.717) is 43.1 Å². The van der Waals surface area contributed by atoms with Gasteiger partial charge in [-0.2, -0.15) is 0 Å². The second-order valence-electron chi connectivity index (χ2n) is 10.8. The number of ether oxygens (including phenoxy) is 1. The van der Waals surface area contributed by atoms with Crippen molar-refractivity contribution in [2.45, 2.75) is 69.4 Å². The smallest absolute Gasteiger partial charge is 0.464 e. The van der Waals surface area contributed by atoms with E-state index in [4.69, 9.17) is 25.2 Å². The number of benzene rings is 1. The van der Waals surface area contributed by atoms with Gasteiger partial charge in [0.25, 0.3) is 0 Å². The zero-order chi connectivity index (χ0) is 28.2. The van der Waals surface area contributed by atoms with Crippen LogP contribution in [0, 0.1) is 5.92 Å². The molecule has 0 bridgehead atoms. The summed E-state index contributed by atoms with van der Waals surface area (Å²) in [6.45, 7) is 9.97. The fourth-order valence-electron chi connectivity index (χ4n) is 4.48. The molecule has 4 N–H and O–H groups in total. The Morgan fingerprint density at radius 1 is 1.03 bits per heavy atom. The largest absolute Gasteiger partial charge is 0.633 e. The van der Waals surface area contributed by atoms with Crippen molar-refractivity contribution in [3.63, 3.8) is 0 Å². The van der Waals surface area contributed by atoms with Crippen molar-refractivity contribution in [3.05, 3.63) is 29.8 Å². The van der Waals surface area contributed by atoms with E-state index in [1.54, 1.807) is 12.1 Å². The monoisotopic (exact) mass is 555 g/mol. The molecule has 0 spiro atoms. The molecule has 0 saturated carbocycles. The Morgan fingerprint density at radius 3 is 2.21 bits per heavy atom. The summed E-state index contributed by atoms with van der Waals surface area (Å²) in [4.78, 5) is 18.0. The van der Waals surface area contributed by atoms with Crippen LogP contribution in [0.3, 0.4) is 0 Å². The number of carbonyl (C=O) groups is 1. The highest BCUT2D eigenvalue weighted by Crippen LogP contribution is 2.21. The van der Waals surface area contributed by atoms with Crippen LogP contribution in [0.1, 0.15) is 57.9 Å². The minimum atomic E-state index is -3.19. The highest BCUT2D eigenvalue weighted by Gasteiger charge is 2.35. The summed E-state index contributed by atoms with van der Waals surface area (Å²) >= 11 is 0. The van der Waals surface area contributed by atoms with Gasteiger partial charge in [0.05, 0.1) is 11.5 Å². The molecule has 1 saturated heterocycles. The van der Waals surface area contributed by atoms with Crippen LogP contribution in [0.5, 0.6) is 0 Å². The molecule has 0 radical (unpaired) electrons. The lowest BCUT2D eigenvalue weighted by molar-refractivity contribution is -0.151. The molecule has 1 heterocycles. The quantitative estimate of drug-likeness (QED) is 0.147. The second-order valence-corrected chi connectivity index (χ2v) is 12.8. The predicted molar refractivity (Wildman–Crippen MR) is 148 cm³/mol. The molecule has 1 aliphatic heterocycles. The van der Waals surface area contributed by atoms with Crippen molar-refractivity contribution in [2.75, 3.05) is 52.2 Å². The second kappa shape index (κ2) is 15.9. The van der Waals surface area contributed by atoms with Gasteiger partial charge in [-0.25, -0.2) is 8.42 Å². The van der Waals surface area contributed by atoms with Crippen LogP contribution >= 0.6 is 0 Å². The number of nitrogens with zero attached hydrogens (tertiary/aromatic N) is 2. The topological polar surface area (TPSA) is 143 Å². The zero-order valence-electron chi connectivity index (χ0n) is 23.2. The van der Waals surface area contributed by atoms with Gasteiger partial charge >= 0.3 is 13.3 Å². The third-order valence-electron chi connectivity index (χ3n) is 6.94. The Hall–Kier alpha value is -1.54. The molecule has 1 fully saturated rings. The molecule has 10 nitrogen and oxygen atoms in total. The molecule has 1 aromatic rings. The van der Waals surface area contributed by atoms with Crippen LogP contribution in [-0.4, -0.2) is 99.3 Å². The van der Waals surface area contributed by atoms with Gasteiger partial charge in [0.15, 0.2) is 9.84 Å². The van der Waals surface area contributed by atoms with Gasteiger partial charge in [-0.05, 0) is 68.7 Å². The lowest BCUT2D eigenvalue weighted by Crippen LogP contribution is -2.50. The normalized spacial score (nSPS) is 16.9. The number of sulfone groups is 1. The third-order valence-corrected chi connectivity index (χ3v) is 8.07. The van der Waals surface area contributed by atoms with E-state index in [1.165, 1.54) is 6.26 Å². The van der Waals surface area contributed by atoms with Gasteiger partial charge in [0.2, 0.25) is 0 Å². The van der Waals surface area contributed by atoms with Gasteiger partial charge < -0.3 is 30.1 Å². The van der Waals surface area contributed by atoms with E-state index in [2.05, 4.69) is 23.6 Å². The summed E-state index contributed by atoms with van der Waals surface area (Å²) in [5.41, 5.74) is 6.60. The SMILES string of the molecule is CC(C)CCOC(=O)C(N)(CCCCOB(O)O)CCCN1CCN(Cc2ccc(S(C)(=O)=O)cc2)CC1. The molecule has 12 heteroatoms. The molecule has 1 atom stereocenters. The van der Waals surface area contributed by atoms with Crippen molar-refractivity contribution in [3.8, 4) is 0 Å². The highest BCUT2D eigenvalue weighted by atomic mass is 32.2. The van der Waals surface area contributed by atoms with Crippen molar-refractivity contribution < 1.29 is 32.7 Å². The van der Waals surface area contributed by atoms with E-state index in [1.807, 2.05) is 12.1 Å². The van der Waals surface area contributed by atoms with E-state index in [0.717, 1.165) is 57.7 Å². The minimum absolute atomic E-state index is 0.183. The molecule has 1 unspecified atom stereocenters. The molecule has 1 aliphatic rings. The van der Waals surface area contributed by atoms with Crippen molar-refractivity contribution >= 4 is 23.1 Å². The molecular weight excluding hydrogens is 509 g/mol. The van der Waals surface area contributed by atoms with Crippen molar-refractivity contribution in [1.29, 1.82) is 0 Å². The van der Waals surface area contributed by atoms with Crippen LogP contribution < -0.4 is 5.73 Å². The average molecular weight is 556 g/mol. The van der Waals surface area contributed by atoms with E-state index in [-0.39, 0.29) is 12.6 Å². The van der Waals surface area contributed by atoms with Gasteiger partial charge in [0.1, 0.15) is 5.54 Å². The summed E-state index contributed by atoms with van der Waals surface area (Å²) in [6.07, 6.45) is 4.92. The number of rotatable bonds is 17. The Labute approximate surface area is 228 Å². The summed E-state index contributed by atoms with van der Waals surface area (Å²) in [5, 5.41) is 17.6. The number of hydrogen-bond acceptors (Lipinski definition) is 10. The van der Waals surface area contributed by atoms with Crippen molar-refractivity contribution in [2.24, 2.45) is 11.7 Å². The first-order valence-electron chi connectivity index (χ1n) is 13.6. The molecular formula is C26H46BN3O7S. The lowest BCUT2D eigenvalue weighted by Gasteiger charge is -2.35.